The fraction of sp³-hybridized carbons (Fsp3) is 0.389. The molecule has 3 atom stereocenters. The van der Waals surface area contributed by atoms with Crippen LogP contribution in [0.15, 0.2) is 84.2 Å². The Kier molecular flexibility index (Phi) is 9.38. The summed E-state index contributed by atoms with van der Waals surface area (Å²) >= 11 is 0. The first-order valence-corrected chi connectivity index (χ1v) is 16.8. The van der Waals surface area contributed by atoms with Crippen LogP contribution in [0.3, 0.4) is 0 Å². The highest BCUT2D eigenvalue weighted by Crippen LogP contribution is 2.38. The Morgan fingerprint density at radius 3 is 2.22 bits per heavy atom. The van der Waals surface area contributed by atoms with Crippen molar-refractivity contribution in [1.29, 1.82) is 0 Å². The van der Waals surface area contributed by atoms with Crippen LogP contribution in [-0.2, 0) is 21.8 Å². The molecule has 2 aliphatic heterocycles. The topological polar surface area (TPSA) is 105 Å². The van der Waals surface area contributed by atoms with E-state index in [0.717, 1.165) is 55.7 Å². The number of aryl methyl sites for hydroxylation is 1. The summed E-state index contributed by atoms with van der Waals surface area (Å²) in [7, 11) is 0. The van der Waals surface area contributed by atoms with E-state index < -0.39 is 23.5 Å². The van der Waals surface area contributed by atoms with Crippen molar-refractivity contribution in [2.45, 2.75) is 51.7 Å². The summed E-state index contributed by atoms with van der Waals surface area (Å²) < 4.78 is 51.7. The molecule has 0 saturated carbocycles. The van der Waals surface area contributed by atoms with Crippen molar-refractivity contribution >= 4 is 11.4 Å². The third-order valence-electron chi connectivity index (χ3n) is 9.36. The first-order valence-electron chi connectivity index (χ1n) is 16.8. The molecule has 0 aliphatic carbocycles. The van der Waals surface area contributed by atoms with Gasteiger partial charge >= 0.3 is 5.69 Å². The molecule has 0 N–H and O–H groups in total. The molecule has 3 aromatic carbocycles. The molecule has 262 valence electrons. The number of rotatable bonds is 11. The number of halogens is 2. The van der Waals surface area contributed by atoms with Crippen molar-refractivity contribution in [3.8, 4) is 11.4 Å². The van der Waals surface area contributed by atoms with E-state index in [1.54, 1.807) is 17.8 Å². The molecule has 50 heavy (non-hydrogen) atoms. The Morgan fingerprint density at radius 2 is 1.60 bits per heavy atom. The van der Waals surface area contributed by atoms with Gasteiger partial charge in [0.15, 0.2) is 0 Å². The lowest BCUT2D eigenvalue weighted by Crippen LogP contribution is -2.46. The van der Waals surface area contributed by atoms with Crippen molar-refractivity contribution in [1.82, 2.24) is 29.1 Å². The van der Waals surface area contributed by atoms with Gasteiger partial charge in [-0.2, -0.15) is 14.9 Å². The lowest BCUT2D eigenvalue weighted by molar-refractivity contribution is -0.192. The van der Waals surface area contributed by atoms with Gasteiger partial charge in [-0.25, -0.2) is 23.2 Å². The van der Waals surface area contributed by atoms with Crippen LogP contribution in [0.5, 0.6) is 5.75 Å². The second-order valence-corrected chi connectivity index (χ2v) is 12.7. The maximum absolute atomic E-state index is 15.0. The summed E-state index contributed by atoms with van der Waals surface area (Å²) in [6, 6.07) is 19.3. The summed E-state index contributed by atoms with van der Waals surface area (Å²) in [6.45, 7) is 9.56. The molecule has 4 heterocycles. The molecule has 5 aromatic rings. The van der Waals surface area contributed by atoms with E-state index in [0.29, 0.717) is 11.6 Å². The van der Waals surface area contributed by atoms with Crippen LogP contribution >= 0.6 is 0 Å². The van der Waals surface area contributed by atoms with Gasteiger partial charge < -0.3 is 24.0 Å². The highest BCUT2D eigenvalue weighted by molar-refractivity contribution is 5.54. The molecule has 7 rings (SSSR count). The quantitative estimate of drug-likeness (QED) is 0.193. The average molecular weight is 687 g/mol. The average Bonchev–Trinajstić information content (AvgIpc) is 3.85. The van der Waals surface area contributed by atoms with Crippen molar-refractivity contribution in [3.63, 3.8) is 0 Å². The van der Waals surface area contributed by atoms with Gasteiger partial charge in [-0.15, -0.1) is 0 Å². The van der Waals surface area contributed by atoms with Crippen LogP contribution in [0, 0.1) is 18.6 Å². The molecule has 2 fully saturated rings. The van der Waals surface area contributed by atoms with Crippen molar-refractivity contribution < 1.29 is 23.0 Å². The van der Waals surface area contributed by atoms with Crippen LogP contribution in [0.1, 0.15) is 37.7 Å². The van der Waals surface area contributed by atoms with Crippen LogP contribution in [0.25, 0.3) is 5.69 Å². The molecule has 2 aromatic heterocycles. The Hall–Kier alpha value is -5.08. The normalized spacial score (nSPS) is 20.0. The first-order chi connectivity index (χ1) is 24.2. The van der Waals surface area contributed by atoms with Gasteiger partial charge in [0.25, 0.3) is 0 Å². The van der Waals surface area contributed by atoms with Crippen LogP contribution in [0.2, 0.25) is 0 Å². The Morgan fingerprint density at radius 1 is 0.940 bits per heavy atom. The van der Waals surface area contributed by atoms with Gasteiger partial charge in [0.1, 0.15) is 55.1 Å². The smallest absolute Gasteiger partial charge is 0.350 e. The van der Waals surface area contributed by atoms with E-state index in [9.17, 15) is 13.6 Å². The van der Waals surface area contributed by atoms with Crippen molar-refractivity contribution in [2.24, 2.45) is 0 Å². The first kappa shape index (κ1) is 33.4. The Balaban J connectivity index is 0.929. The maximum atomic E-state index is 15.0. The second-order valence-electron chi connectivity index (χ2n) is 12.7. The molecule has 12 nitrogen and oxygen atoms in total. The number of ether oxygens (including phenoxy) is 3. The highest BCUT2D eigenvalue weighted by Gasteiger charge is 2.46. The monoisotopic (exact) mass is 686 g/mol. The van der Waals surface area contributed by atoms with Crippen molar-refractivity contribution in [2.75, 3.05) is 49.2 Å². The number of aromatic nitrogens is 6. The van der Waals surface area contributed by atoms with Gasteiger partial charge in [0, 0.05) is 55.2 Å². The summed E-state index contributed by atoms with van der Waals surface area (Å²) in [5.41, 5.74) is 2.90. The Labute approximate surface area is 288 Å². The SMILES string of the molecule is CCC(C)n1cnn(-c2ccc(N3CCN(c4ccc(OCC5COC(Cn6cnc(C)n6)(c6ccc(F)cc6F)O5)cc4)CC3)cc2)c1=O. The fourth-order valence-electron chi connectivity index (χ4n) is 6.39. The van der Waals surface area contributed by atoms with E-state index in [-0.39, 0.29) is 37.1 Å². The Bertz CT molecular complexity index is 1970. The molecular weight excluding hydrogens is 646 g/mol. The third-order valence-corrected chi connectivity index (χ3v) is 9.36. The number of piperazine rings is 1. The molecule has 0 radical (unpaired) electrons. The zero-order valence-electron chi connectivity index (χ0n) is 28.3. The minimum atomic E-state index is -1.52. The zero-order chi connectivity index (χ0) is 34.8. The number of hydrogen-bond acceptors (Lipinski definition) is 9. The lowest BCUT2D eigenvalue weighted by atomic mass is 10.0. The predicted octanol–water partition coefficient (Wildman–Crippen LogP) is 4.86. The van der Waals surface area contributed by atoms with E-state index in [2.05, 4.69) is 25.0 Å². The third kappa shape index (κ3) is 6.85. The molecule has 2 aliphatic rings. The van der Waals surface area contributed by atoms with Gasteiger partial charge in [0.05, 0.1) is 12.3 Å². The minimum Gasteiger partial charge on any atom is -0.491 e. The number of benzene rings is 3. The van der Waals surface area contributed by atoms with E-state index in [1.807, 2.05) is 62.4 Å². The fourth-order valence-corrected chi connectivity index (χ4v) is 6.39. The van der Waals surface area contributed by atoms with Gasteiger partial charge in [-0.05, 0) is 80.9 Å². The number of nitrogens with zero attached hydrogens (tertiary/aromatic N) is 8. The molecule has 14 heteroatoms. The lowest BCUT2D eigenvalue weighted by Gasteiger charge is -2.37. The van der Waals surface area contributed by atoms with Crippen molar-refractivity contribution in [3.05, 3.63) is 113 Å². The summed E-state index contributed by atoms with van der Waals surface area (Å²) in [6.07, 6.45) is 3.48. The van der Waals surface area contributed by atoms with Crippen LogP contribution in [-0.4, -0.2) is 74.6 Å². The zero-order valence-corrected chi connectivity index (χ0v) is 28.3. The minimum absolute atomic E-state index is 0.0340. The van der Waals surface area contributed by atoms with Gasteiger partial charge in [-0.3, -0.25) is 4.57 Å². The summed E-state index contributed by atoms with van der Waals surface area (Å²) in [5, 5.41) is 8.61. The highest BCUT2D eigenvalue weighted by atomic mass is 19.1. The van der Waals surface area contributed by atoms with E-state index >= 15 is 0 Å². The van der Waals surface area contributed by atoms with E-state index in [1.165, 1.54) is 27.8 Å². The largest absolute Gasteiger partial charge is 0.491 e. The molecule has 2 saturated heterocycles. The molecule has 3 unspecified atom stereocenters. The van der Waals surface area contributed by atoms with Crippen LogP contribution < -0.4 is 20.2 Å². The molecular formula is C36H40F2N8O4. The summed E-state index contributed by atoms with van der Waals surface area (Å²) in [4.78, 5) is 21.6. The molecule has 0 spiro atoms. The van der Waals surface area contributed by atoms with Gasteiger partial charge in [0.2, 0.25) is 5.79 Å². The molecule has 0 bridgehead atoms. The second kappa shape index (κ2) is 14.0. The predicted molar refractivity (Wildman–Crippen MR) is 183 cm³/mol. The summed E-state index contributed by atoms with van der Waals surface area (Å²) in [5.74, 6) is -1.75. The number of hydrogen-bond donors (Lipinski definition) is 0. The van der Waals surface area contributed by atoms with E-state index in [4.69, 9.17) is 14.2 Å². The molecule has 0 amide bonds. The number of anilines is 2. The van der Waals surface area contributed by atoms with Gasteiger partial charge in [-0.1, -0.05) is 6.92 Å². The maximum Gasteiger partial charge on any atom is 0.350 e. The standard InChI is InChI=1S/C36H40F2N8O4/c1-4-25(2)45-24-40-46(35(45)47)30-8-6-28(7-9-30)42-15-17-43(18-16-42)29-10-12-31(13-11-29)48-20-32-21-49-36(50-32,22-44-23-39-26(3)41-44)33-14-5-27(37)19-34(33)38/h5-14,19,23-25,32H,4,15-18,20-22H2,1-3H3. The van der Waals surface area contributed by atoms with Crippen LogP contribution in [0.4, 0.5) is 20.2 Å².